The van der Waals surface area contributed by atoms with Gasteiger partial charge in [-0.05, 0) is 43.2 Å². The molecule has 2 aromatic rings. The fourth-order valence-electron chi connectivity index (χ4n) is 4.03. The van der Waals surface area contributed by atoms with Crippen LogP contribution in [0, 0.1) is 12.8 Å². The Morgan fingerprint density at radius 1 is 1.23 bits per heavy atom. The zero-order valence-electron chi connectivity index (χ0n) is 15.2. The molecule has 1 N–H and O–H groups in total. The second kappa shape index (κ2) is 5.87. The average molecular weight is 350 g/mol. The van der Waals surface area contributed by atoms with Crippen LogP contribution in [0.15, 0.2) is 48.5 Å². The van der Waals surface area contributed by atoms with E-state index in [0.29, 0.717) is 12.1 Å². The van der Waals surface area contributed by atoms with Gasteiger partial charge in [-0.15, -0.1) is 0 Å². The number of carbonyl (C=O) groups excluding carboxylic acids is 2. The summed E-state index contributed by atoms with van der Waals surface area (Å²) in [7, 11) is 1.71. The molecule has 4 rings (SSSR count). The molecule has 0 radical (unpaired) electrons. The quantitative estimate of drug-likeness (QED) is 0.846. The average Bonchev–Trinajstić information content (AvgIpc) is 2.60. The van der Waals surface area contributed by atoms with E-state index in [1.54, 1.807) is 11.9 Å². The number of anilines is 1. The molecule has 0 spiro atoms. The minimum Gasteiger partial charge on any atom is -0.468 e. The van der Waals surface area contributed by atoms with Crippen LogP contribution in [0.4, 0.5) is 5.69 Å². The predicted octanol–water partition coefficient (Wildman–Crippen LogP) is 3.30. The van der Waals surface area contributed by atoms with Gasteiger partial charge >= 0.3 is 0 Å². The molecule has 2 aliphatic rings. The Labute approximate surface area is 153 Å². The highest BCUT2D eigenvalue weighted by atomic mass is 16.5. The molecule has 0 saturated carbocycles. The number of hydrogen-bond acceptors (Lipinski definition) is 3. The second-order valence-corrected chi connectivity index (χ2v) is 7.36. The third-order valence-electron chi connectivity index (χ3n) is 5.52. The molecular formula is C21H22N2O3. The zero-order valence-corrected chi connectivity index (χ0v) is 15.2. The molecule has 0 aromatic heterocycles. The summed E-state index contributed by atoms with van der Waals surface area (Å²) in [5, 5.41) is 2.92. The van der Waals surface area contributed by atoms with Crippen LogP contribution >= 0.6 is 0 Å². The first-order valence-electron chi connectivity index (χ1n) is 8.82. The van der Waals surface area contributed by atoms with Crippen LogP contribution in [0.2, 0.25) is 0 Å². The third kappa shape index (κ3) is 2.55. The summed E-state index contributed by atoms with van der Waals surface area (Å²) >= 11 is 0. The molecule has 2 amide bonds. The molecule has 2 heterocycles. The molecule has 0 unspecified atom stereocenters. The van der Waals surface area contributed by atoms with E-state index < -0.39 is 11.6 Å². The van der Waals surface area contributed by atoms with Gasteiger partial charge in [0.1, 0.15) is 11.7 Å². The second-order valence-electron chi connectivity index (χ2n) is 7.36. The lowest BCUT2D eigenvalue weighted by Crippen LogP contribution is -2.62. The van der Waals surface area contributed by atoms with E-state index in [1.807, 2.05) is 62.4 Å². The van der Waals surface area contributed by atoms with Gasteiger partial charge in [0.05, 0.1) is 0 Å². The fourth-order valence-corrected chi connectivity index (χ4v) is 4.03. The van der Waals surface area contributed by atoms with E-state index >= 15 is 0 Å². The van der Waals surface area contributed by atoms with Gasteiger partial charge in [-0.2, -0.15) is 0 Å². The van der Waals surface area contributed by atoms with Crippen molar-refractivity contribution in [2.75, 3.05) is 12.4 Å². The first-order valence-corrected chi connectivity index (χ1v) is 8.82. The molecule has 2 aromatic carbocycles. The highest BCUT2D eigenvalue weighted by Crippen LogP contribution is 2.49. The Hall–Kier alpha value is -2.82. The monoisotopic (exact) mass is 350 g/mol. The molecule has 2 aliphatic heterocycles. The lowest BCUT2D eigenvalue weighted by atomic mass is 9.73. The smallest absolute Gasteiger partial charge is 0.238 e. The van der Waals surface area contributed by atoms with Crippen molar-refractivity contribution >= 4 is 17.5 Å². The van der Waals surface area contributed by atoms with Crippen molar-refractivity contribution in [1.29, 1.82) is 0 Å². The minimum absolute atomic E-state index is 0.196. The molecule has 3 atom stereocenters. The van der Waals surface area contributed by atoms with Crippen molar-refractivity contribution < 1.29 is 14.3 Å². The summed E-state index contributed by atoms with van der Waals surface area (Å²) < 4.78 is 6.11. The van der Waals surface area contributed by atoms with Crippen molar-refractivity contribution in [2.24, 2.45) is 5.92 Å². The van der Waals surface area contributed by atoms with Crippen LogP contribution in [-0.2, 0) is 9.59 Å². The van der Waals surface area contributed by atoms with E-state index in [-0.39, 0.29) is 17.7 Å². The topological polar surface area (TPSA) is 58.6 Å². The van der Waals surface area contributed by atoms with Crippen LogP contribution in [0.3, 0.4) is 0 Å². The summed E-state index contributed by atoms with van der Waals surface area (Å²) in [5.74, 6) is -0.685. The molecule has 0 aliphatic carbocycles. The largest absolute Gasteiger partial charge is 0.468 e. The number of nitrogens with zero attached hydrogens (tertiary/aromatic N) is 1. The molecule has 5 nitrogen and oxygen atoms in total. The van der Waals surface area contributed by atoms with Gasteiger partial charge in [0.2, 0.25) is 11.8 Å². The van der Waals surface area contributed by atoms with Crippen molar-refractivity contribution in [3.05, 3.63) is 59.7 Å². The number of likely N-dealkylation sites (tertiary alicyclic amines) is 1. The Morgan fingerprint density at radius 2 is 2.00 bits per heavy atom. The van der Waals surface area contributed by atoms with Crippen molar-refractivity contribution in [1.82, 2.24) is 4.90 Å². The Balaban J connectivity index is 1.71. The molecule has 5 heteroatoms. The lowest BCUT2D eigenvalue weighted by Gasteiger charge is -2.51. The van der Waals surface area contributed by atoms with Crippen molar-refractivity contribution in [2.45, 2.75) is 31.9 Å². The maximum absolute atomic E-state index is 13.0. The Kier molecular flexibility index (Phi) is 3.75. The van der Waals surface area contributed by atoms with Crippen molar-refractivity contribution in [3.63, 3.8) is 0 Å². The normalized spacial score (nSPS) is 26.7. The van der Waals surface area contributed by atoms with Gasteiger partial charge in [-0.25, -0.2) is 0 Å². The number of benzene rings is 2. The Bertz CT molecular complexity index is 894. The number of hydrogen-bond donors (Lipinski definition) is 1. The summed E-state index contributed by atoms with van der Waals surface area (Å²) in [6.45, 7) is 3.87. The van der Waals surface area contributed by atoms with Gasteiger partial charge in [0, 0.05) is 25.1 Å². The van der Waals surface area contributed by atoms with Gasteiger partial charge in [0.15, 0.2) is 5.72 Å². The van der Waals surface area contributed by atoms with E-state index in [1.165, 1.54) is 0 Å². The fraction of sp³-hybridized carbons (Fsp3) is 0.333. The van der Waals surface area contributed by atoms with Crippen LogP contribution in [0.25, 0.3) is 0 Å². The first-order chi connectivity index (χ1) is 12.4. The van der Waals surface area contributed by atoms with E-state index in [0.717, 1.165) is 16.9 Å². The number of nitrogens with one attached hydrogen (secondary N) is 1. The number of aryl methyl sites for hydroxylation is 1. The number of piperidine rings is 1. The first kappa shape index (κ1) is 16.6. The zero-order chi connectivity index (χ0) is 18.5. The minimum atomic E-state index is -0.765. The number of amides is 2. The van der Waals surface area contributed by atoms with Crippen molar-refractivity contribution in [3.8, 4) is 5.75 Å². The number of carbonyl (C=O) groups is 2. The maximum Gasteiger partial charge on any atom is 0.238 e. The van der Waals surface area contributed by atoms with E-state index in [2.05, 4.69) is 5.32 Å². The molecule has 1 fully saturated rings. The third-order valence-corrected chi connectivity index (χ3v) is 5.52. The molecular weight excluding hydrogens is 328 g/mol. The summed E-state index contributed by atoms with van der Waals surface area (Å²) in [6.07, 6.45) is 0.595. The molecule has 26 heavy (non-hydrogen) atoms. The summed E-state index contributed by atoms with van der Waals surface area (Å²) in [6, 6.07) is 15.3. The number of rotatable bonds is 2. The van der Waals surface area contributed by atoms with Gasteiger partial charge < -0.3 is 15.0 Å². The molecule has 134 valence electrons. The summed E-state index contributed by atoms with van der Waals surface area (Å²) in [4.78, 5) is 27.7. The number of ether oxygens (including phenoxy) is 1. The number of para-hydroxylation sites is 1. The Morgan fingerprint density at radius 3 is 2.77 bits per heavy atom. The summed E-state index contributed by atoms with van der Waals surface area (Å²) in [5.41, 5.74) is 1.96. The lowest BCUT2D eigenvalue weighted by molar-refractivity contribution is -0.170. The molecule has 2 bridgehead atoms. The van der Waals surface area contributed by atoms with Crippen LogP contribution < -0.4 is 10.1 Å². The van der Waals surface area contributed by atoms with Gasteiger partial charge in [-0.3, -0.25) is 9.59 Å². The highest BCUT2D eigenvalue weighted by molar-refractivity contribution is 6.08. The number of fused-ring (bicyclic) bond motifs is 4. The maximum atomic E-state index is 13.0. The predicted molar refractivity (Wildman–Crippen MR) is 98.9 cm³/mol. The SMILES string of the molecule is Cc1cccc(NC(=O)[C@H]2C(=O)N(C)[C@]3(C)C[C@H]2c2ccccc2O3)c1. The van der Waals surface area contributed by atoms with E-state index in [4.69, 9.17) is 4.74 Å². The standard InChI is InChI=1S/C21H22N2O3/c1-13-7-6-8-14(11-13)22-19(24)18-16-12-21(2,23(3)20(18)25)26-17-10-5-4-9-15(16)17/h4-11,16,18H,12H2,1-3H3,(H,22,24)/t16-,18-,21-/m0/s1. The molecule has 1 saturated heterocycles. The van der Waals surface area contributed by atoms with E-state index in [9.17, 15) is 9.59 Å². The van der Waals surface area contributed by atoms with Gasteiger partial charge in [-0.1, -0.05) is 30.3 Å². The van der Waals surface area contributed by atoms with Crippen LogP contribution in [0.5, 0.6) is 5.75 Å². The van der Waals surface area contributed by atoms with Crippen LogP contribution in [-0.4, -0.2) is 29.5 Å². The van der Waals surface area contributed by atoms with Gasteiger partial charge in [0.25, 0.3) is 0 Å². The van der Waals surface area contributed by atoms with Crippen LogP contribution in [0.1, 0.15) is 30.4 Å². The highest BCUT2D eigenvalue weighted by Gasteiger charge is 2.54.